The van der Waals surface area contributed by atoms with Crippen LogP contribution in [0.3, 0.4) is 0 Å². The van der Waals surface area contributed by atoms with Crippen LogP contribution in [-0.2, 0) is 14.3 Å². The lowest BCUT2D eigenvalue weighted by Crippen LogP contribution is -2.41. The molecule has 0 N–H and O–H groups in total. The number of carbonyl (C=O) groups excluding carboxylic acids is 2. The minimum absolute atomic E-state index is 0.00377. The van der Waals surface area contributed by atoms with Crippen molar-refractivity contribution < 1.29 is 14.3 Å². The fourth-order valence-corrected chi connectivity index (χ4v) is 5.06. The highest BCUT2D eigenvalue weighted by Crippen LogP contribution is 2.35. The van der Waals surface area contributed by atoms with Gasteiger partial charge in [0, 0.05) is 31.9 Å². The minimum Gasteiger partial charge on any atom is -0.379 e. The Morgan fingerprint density at radius 1 is 1.13 bits per heavy atom. The molecule has 0 saturated carbocycles. The number of rotatable bonds is 5. The molecule has 156 valence electrons. The third-order valence-electron chi connectivity index (χ3n) is 5.73. The monoisotopic (exact) mass is 425 g/mol. The van der Waals surface area contributed by atoms with Crippen LogP contribution in [-0.4, -0.2) is 71.7 Å². The van der Waals surface area contributed by atoms with Crippen molar-refractivity contribution in [1.29, 1.82) is 0 Å². The van der Waals surface area contributed by atoms with Gasteiger partial charge in [-0.05, 0) is 25.5 Å². The van der Waals surface area contributed by atoms with E-state index in [0.29, 0.717) is 28.7 Å². The van der Waals surface area contributed by atoms with Gasteiger partial charge in [0.25, 0.3) is 5.91 Å². The normalized spacial score (nSPS) is 20.4. The Bertz CT molecular complexity index is 1040. The van der Waals surface area contributed by atoms with Gasteiger partial charge in [0.05, 0.1) is 41.1 Å². The molecular formula is C21H23N5O3S. The second-order valence-corrected chi connectivity index (χ2v) is 8.63. The number of hydrazone groups is 1. The Hall–Kier alpha value is -2.62. The zero-order chi connectivity index (χ0) is 20.7. The Morgan fingerprint density at radius 2 is 1.93 bits per heavy atom. The number of hydrogen-bond donors (Lipinski definition) is 0. The number of benzene rings is 1. The molecule has 9 heteroatoms. The van der Waals surface area contributed by atoms with Crippen LogP contribution in [0.4, 0.5) is 5.13 Å². The van der Waals surface area contributed by atoms with E-state index < -0.39 is 0 Å². The molecule has 0 radical (unpaired) electrons. The third kappa shape index (κ3) is 3.42. The number of amides is 2. The number of ether oxygens (including phenoxy) is 1. The van der Waals surface area contributed by atoms with Gasteiger partial charge in [-0.15, -0.1) is 0 Å². The molecule has 2 aromatic rings. The fraction of sp³-hybridized carbons (Fsp3) is 0.429. The molecule has 0 unspecified atom stereocenters. The summed E-state index contributed by atoms with van der Waals surface area (Å²) in [5, 5.41) is 6.35. The Kier molecular flexibility index (Phi) is 5.10. The summed E-state index contributed by atoms with van der Waals surface area (Å²) in [5.74, 6) is -0.205. The molecule has 1 aromatic heterocycles. The number of carbonyl (C=O) groups is 2. The Balaban J connectivity index is 1.34. The molecule has 3 aliphatic rings. The summed E-state index contributed by atoms with van der Waals surface area (Å²) in [6.45, 7) is 6.76. The number of hydrogen-bond acceptors (Lipinski definition) is 7. The van der Waals surface area contributed by atoms with Crippen LogP contribution in [0.25, 0.3) is 10.2 Å². The van der Waals surface area contributed by atoms with Gasteiger partial charge in [-0.25, -0.2) is 4.98 Å². The van der Waals surface area contributed by atoms with Gasteiger partial charge >= 0.3 is 0 Å². The van der Waals surface area contributed by atoms with Gasteiger partial charge in [0.1, 0.15) is 0 Å². The molecule has 5 rings (SSSR count). The predicted octanol–water partition coefficient (Wildman–Crippen LogP) is 2.23. The zero-order valence-corrected chi connectivity index (χ0v) is 17.7. The lowest BCUT2D eigenvalue weighted by molar-refractivity contribution is -0.128. The molecule has 1 aromatic carbocycles. The van der Waals surface area contributed by atoms with Crippen LogP contribution in [0.5, 0.6) is 0 Å². The van der Waals surface area contributed by atoms with Gasteiger partial charge in [-0.3, -0.25) is 14.5 Å². The number of para-hydroxylation sites is 1. The molecule has 1 saturated heterocycles. The largest absolute Gasteiger partial charge is 0.379 e. The van der Waals surface area contributed by atoms with E-state index in [1.807, 2.05) is 31.2 Å². The molecule has 30 heavy (non-hydrogen) atoms. The lowest BCUT2D eigenvalue weighted by atomic mass is 9.99. The summed E-state index contributed by atoms with van der Waals surface area (Å²) < 4.78 is 6.38. The maximum atomic E-state index is 13.2. The van der Waals surface area contributed by atoms with Crippen LogP contribution in [0.1, 0.15) is 19.8 Å². The van der Waals surface area contributed by atoms with Crippen molar-refractivity contribution in [2.75, 3.05) is 44.4 Å². The maximum absolute atomic E-state index is 13.2. The predicted molar refractivity (Wildman–Crippen MR) is 115 cm³/mol. The molecule has 1 fully saturated rings. The van der Waals surface area contributed by atoms with E-state index >= 15 is 0 Å². The number of fused-ring (bicyclic) bond motifs is 2. The first-order valence-corrected chi connectivity index (χ1v) is 11.0. The molecule has 0 aliphatic carbocycles. The number of thiazole rings is 1. The van der Waals surface area contributed by atoms with Crippen molar-refractivity contribution in [3.63, 3.8) is 0 Å². The Morgan fingerprint density at radius 3 is 2.73 bits per heavy atom. The maximum Gasteiger partial charge on any atom is 0.284 e. The highest BCUT2D eigenvalue weighted by Gasteiger charge is 2.40. The van der Waals surface area contributed by atoms with Crippen molar-refractivity contribution >= 4 is 44.2 Å². The van der Waals surface area contributed by atoms with E-state index in [-0.39, 0.29) is 18.2 Å². The van der Waals surface area contributed by atoms with E-state index in [1.165, 1.54) is 16.3 Å². The zero-order valence-electron chi connectivity index (χ0n) is 16.8. The average Bonchev–Trinajstić information content (AvgIpc) is 3.32. The number of anilines is 1. The van der Waals surface area contributed by atoms with Crippen LogP contribution in [0.15, 0.2) is 40.6 Å². The standard InChI is InChI=1S/C21H23N5O3S/c1-14-19-16(13-18(27)25(14)8-4-7-24-9-11-29-12-10-24)23-26(20(19)28)21-22-15-5-2-3-6-17(15)30-21/h2-3,5-6H,4,7-13H2,1H3. The third-order valence-corrected chi connectivity index (χ3v) is 6.74. The summed E-state index contributed by atoms with van der Waals surface area (Å²) in [7, 11) is 0. The average molecular weight is 426 g/mol. The molecule has 2 amide bonds. The first-order valence-electron chi connectivity index (χ1n) is 10.2. The lowest BCUT2D eigenvalue weighted by Gasteiger charge is -2.30. The summed E-state index contributed by atoms with van der Waals surface area (Å²) in [5.41, 5.74) is 2.62. The van der Waals surface area contributed by atoms with Gasteiger partial charge in [0.2, 0.25) is 11.0 Å². The topological polar surface area (TPSA) is 78.3 Å². The summed E-state index contributed by atoms with van der Waals surface area (Å²) in [6, 6.07) is 7.76. The first kappa shape index (κ1) is 19.3. The first-order chi connectivity index (χ1) is 14.6. The quantitative estimate of drug-likeness (QED) is 0.734. The van der Waals surface area contributed by atoms with Gasteiger partial charge < -0.3 is 9.64 Å². The SMILES string of the molecule is CC1=C2C(=O)N(c3nc4ccccc4s3)N=C2CC(=O)N1CCCN1CCOCC1. The van der Waals surface area contributed by atoms with Gasteiger partial charge in [-0.1, -0.05) is 23.5 Å². The second-order valence-electron chi connectivity index (χ2n) is 7.62. The number of allylic oxidation sites excluding steroid dienone is 1. The van der Waals surface area contributed by atoms with Crippen LogP contribution >= 0.6 is 11.3 Å². The highest BCUT2D eigenvalue weighted by atomic mass is 32.1. The molecule has 8 nitrogen and oxygen atoms in total. The van der Waals surface area contributed by atoms with Crippen LogP contribution in [0.2, 0.25) is 0 Å². The minimum atomic E-state index is -0.202. The van der Waals surface area contributed by atoms with Crippen LogP contribution in [0, 0.1) is 0 Å². The van der Waals surface area contributed by atoms with Crippen molar-refractivity contribution in [2.45, 2.75) is 19.8 Å². The van der Waals surface area contributed by atoms with Gasteiger partial charge in [0.15, 0.2) is 0 Å². The second kappa shape index (κ2) is 7.90. The number of nitrogens with zero attached hydrogens (tertiary/aromatic N) is 5. The van der Waals surface area contributed by atoms with Crippen molar-refractivity contribution in [2.24, 2.45) is 5.10 Å². The summed E-state index contributed by atoms with van der Waals surface area (Å²) in [6.07, 6.45) is 1.01. The molecule has 3 aliphatic heterocycles. The number of aromatic nitrogens is 1. The summed E-state index contributed by atoms with van der Waals surface area (Å²) >= 11 is 1.43. The van der Waals surface area contributed by atoms with Crippen LogP contribution < -0.4 is 5.01 Å². The highest BCUT2D eigenvalue weighted by molar-refractivity contribution is 7.22. The molecule has 0 bridgehead atoms. The fourth-order valence-electron chi connectivity index (χ4n) is 4.14. The number of morpholine rings is 1. The smallest absolute Gasteiger partial charge is 0.284 e. The van der Waals surface area contributed by atoms with Crippen molar-refractivity contribution in [3.05, 3.63) is 35.5 Å². The molecule has 0 spiro atoms. The Labute approximate surface area is 178 Å². The van der Waals surface area contributed by atoms with Gasteiger partial charge in [-0.2, -0.15) is 10.1 Å². The van der Waals surface area contributed by atoms with E-state index in [4.69, 9.17) is 4.74 Å². The van der Waals surface area contributed by atoms with Crippen molar-refractivity contribution in [1.82, 2.24) is 14.8 Å². The van der Waals surface area contributed by atoms with E-state index in [1.54, 1.807) is 4.90 Å². The van der Waals surface area contributed by atoms with E-state index in [2.05, 4.69) is 15.0 Å². The summed E-state index contributed by atoms with van der Waals surface area (Å²) in [4.78, 5) is 34.6. The van der Waals surface area contributed by atoms with E-state index in [0.717, 1.165) is 49.5 Å². The molecule has 4 heterocycles. The molecular weight excluding hydrogens is 402 g/mol. The van der Waals surface area contributed by atoms with E-state index in [9.17, 15) is 9.59 Å². The van der Waals surface area contributed by atoms with Crippen molar-refractivity contribution in [3.8, 4) is 0 Å². The molecule has 0 atom stereocenters.